The third kappa shape index (κ3) is 2.63. The van der Waals surface area contributed by atoms with Gasteiger partial charge in [-0.25, -0.2) is 0 Å². The van der Waals surface area contributed by atoms with Crippen molar-refractivity contribution in [3.05, 3.63) is 57.0 Å². The van der Waals surface area contributed by atoms with E-state index in [4.69, 9.17) is 34.8 Å². The fourth-order valence-electron chi connectivity index (χ4n) is 1.57. The lowest BCUT2D eigenvalue weighted by atomic mass is 10.0. The maximum atomic E-state index is 11.0. The van der Waals surface area contributed by atoms with Gasteiger partial charge in [0.05, 0.1) is 0 Å². The van der Waals surface area contributed by atoms with E-state index in [0.717, 1.165) is 11.8 Å². The molecular weight excluding hydrogens is 279 g/mol. The van der Waals surface area contributed by atoms with Crippen LogP contribution in [0.5, 0.6) is 0 Å². The van der Waals surface area contributed by atoms with E-state index in [-0.39, 0.29) is 0 Å². The molecule has 0 fully saturated rings. The number of carbonyl (C=O) groups excluding carboxylic acids is 1. The molecule has 2 rings (SSSR count). The Morgan fingerprint density at radius 2 is 1.47 bits per heavy atom. The first-order valence-corrected chi connectivity index (χ1v) is 5.95. The molecule has 0 heterocycles. The van der Waals surface area contributed by atoms with Crippen molar-refractivity contribution in [2.45, 2.75) is 0 Å². The molecule has 0 amide bonds. The van der Waals surface area contributed by atoms with Crippen LogP contribution in [0.25, 0.3) is 11.1 Å². The van der Waals surface area contributed by atoms with Crippen LogP contribution in [-0.2, 0) is 0 Å². The summed E-state index contributed by atoms with van der Waals surface area (Å²) < 4.78 is 0. The van der Waals surface area contributed by atoms with Gasteiger partial charge in [0.2, 0.25) is 0 Å². The summed E-state index contributed by atoms with van der Waals surface area (Å²) >= 11 is 17.9. The van der Waals surface area contributed by atoms with Gasteiger partial charge in [-0.2, -0.15) is 0 Å². The second kappa shape index (κ2) is 5.09. The van der Waals surface area contributed by atoms with E-state index in [0.29, 0.717) is 26.2 Å². The third-order valence-electron chi connectivity index (χ3n) is 2.36. The molecule has 0 atom stereocenters. The van der Waals surface area contributed by atoms with Crippen LogP contribution in [0.15, 0.2) is 36.4 Å². The molecule has 0 aliphatic carbocycles. The van der Waals surface area contributed by atoms with Crippen molar-refractivity contribution in [2.24, 2.45) is 0 Å². The number of aldehydes is 1. The molecule has 0 bridgehead atoms. The summed E-state index contributed by atoms with van der Waals surface area (Å²) in [6.07, 6.45) is 0.774. The van der Waals surface area contributed by atoms with Crippen molar-refractivity contribution < 1.29 is 4.79 Å². The molecule has 0 unspecified atom stereocenters. The Hall–Kier alpha value is -1.02. The molecule has 0 N–H and O–H groups in total. The first kappa shape index (κ1) is 12.4. The average molecular weight is 286 g/mol. The lowest BCUT2D eigenvalue weighted by molar-refractivity contribution is 0.112. The molecule has 0 radical (unpaired) electrons. The summed E-state index contributed by atoms with van der Waals surface area (Å²) in [5.41, 5.74) is 1.98. The molecular formula is C13H7Cl3O. The molecule has 4 heteroatoms. The van der Waals surface area contributed by atoms with Gasteiger partial charge in [-0.05, 0) is 35.9 Å². The Kier molecular flexibility index (Phi) is 3.72. The summed E-state index contributed by atoms with van der Waals surface area (Å²) in [5, 5.41) is 1.59. The van der Waals surface area contributed by atoms with Gasteiger partial charge in [0, 0.05) is 26.2 Å². The fourth-order valence-corrected chi connectivity index (χ4v) is 2.25. The lowest BCUT2D eigenvalue weighted by Gasteiger charge is -2.08. The molecule has 1 nitrogen and oxygen atoms in total. The van der Waals surface area contributed by atoms with Crippen molar-refractivity contribution in [3.63, 3.8) is 0 Å². The zero-order valence-corrected chi connectivity index (χ0v) is 10.9. The van der Waals surface area contributed by atoms with Crippen LogP contribution in [0.3, 0.4) is 0 Å². The summed E-state index contributed by atoms with van der Waals surface area (Å²) in [6, 6.07) is 10.2. The second-order valence-electron chi connectivity index (χ2n) is 3.47. The van der Waals surface area contributed by atoms with E-state index < -0.39 is 0 Å². The van der Waals surface area contributed by atoms with Crippen molar-refractivity contribution in [2.75, 3.05) is 0 Å². The van der Waals surface area contributed by atoms with Crippen molar-refractivity contribution in [3.8, 4) is 11.1 Å². The Morgan fingerprint density at radius 1 is 0.824 bits per heavy atom. The highest BCUT2D eigenvalue weighted by molar-refractivity contribution is 6.36. The summed E-state index contributed by atoms with van der Waals surface area (Å²) in [4.78, 5) is 11.0. The van der Waals surface area contributed by atoms with Gasteiger partial charge in [0.25, 0.3) is 0 Å². The van der Waals surface area contributed by atoms with E-state index in [1.54, 1.807) is 36.4 Å². The maximum absolute atomic E-state index is 11.0. The molecule has 2 aromatic carbocycles. The Balaban J connectivity index is 2.66. The quantitative estimate of drug-likeness (QED) is 0.699. The summed E-state index contributed by atoms with van der Waals surface area (Å²) in [5.74, 6) is 0. The minimum Gasteiger partial charge on any atom is -0.298 e. The summed E-state index contributed by atoms with van der Waals surface area (Å²) in [6.45, 7) is 0. The van der Waals surface area contributed by atoms with Crippen molar-refractivity contribution in [1.29, 1.82) is 0 Å². The molecule has 86 valence electrons. The van der Waals surface area contributed by atoms with Gasteiger partial charge in [-0.15, -0.1) is 0 Å². The van der Waals surface area contributed by atoms with Gasteiger partial charge in [-0.3, -0.25) is 4.79 Å². The fraction of sp³-hybridized carbons (Fsp3) is 0. The van der Waals surface area contributed by atoms with Crippen LogP contribution in [0, 0.1) is 0 Å². The topological polar surface area (TPSA) is 17.1 Å². The molecule has 0 saturated heterocycles. The van der Waals surface area contributed by atoms with E-state index in [2.05, 4.69) is 0 Å². The molecule has 2 aromatic rings. The van der Waals surface area contributed by atoms with Crippen molar-refractivity contribution in [1.82, 2.24) is 0 Å². The highest BCUT2D eigenvalue weighted by Gasteiger charge is 2.09. The predicted octanol–water partition coefficient (Wildman–Crippen LogP) is 5.13. The average Bonchev–Trinajstić information content (AvgIpc) is 2.29. The molecule has 17 heavy (non-hydrogen) atoms. The first-order valence-electron chi connectivity index (χ1n) is 4.82. The molecule has 0 spiro atoms. The number of hydrogen-bond acceptors (Lipinski definition) is 1. The molecule has 0 aliphatic heterocycles. The Bertz CT molecular complexity index is 579. The van der Waals surface area contributed by atoms with Gasteiger partial charge in [-0.1, -0.05) is 40.9 Å². The Morgan fingerprint density at radius 3 is 2.12 bits per heavy atom. The van der Waals surface area contributed by atoms with Gasteiger partial charge < -0.3 is 0 Å². The number of halogens is 3. The zero-order valence-electron chi connectivity index (χ0n) is 8.58. The van der Waals surface area contributed by atoms with E-state index in [9.17, 15) is 4.79 Å². The van der Waals surface area contributed by atoms with Crippen LogP contribution >= 0.6 is 34.8 Å². The van der Waals surface area contributed by atoms with Gasteiger partial charge in [0.1, 0.15) is 0 Å². The molecule has 0 aliphatic rings. The minimum absolute atomic E-state index is 0.489. The minimum atomic E-state index is 0.489. The van der Waals surface area contributed by atoms with Crippen molar-refractivity contribution >= 4 is 41.1 Å². The lowest BCUT2D eigenvalue weighted by Crippen LogP contribution is -1.88. The highest BCUT2D eigenvalue weighted by Crippen LogP contribution is 2.33. The standard InChI is InChI=1S/C13H7Cl3O/c14-9-2-1-8(7-17)12(5-9)11-4-3-10(15)6-13(11)16/h1-7H. The van der Waals surface area contributed by atoms with E-state index in [1.165, 1.54) is 0 Å². The van der Waals surface area contributed by atoms with Crippen LogP contribution in [0.4, 0.5) is 0 Å². The van der Waals surface area contributed by atoms with Crippen LogP contribution in [-0.4, -0.2) is 6.29 Å². The highest BCUT2D eigenvalue weighted by atomic mass is 35.5. The smallest absolute Gasteiger partial charge is 0.150 e. The van der Waals surface area contributed by atoms with Crippen LogP contribution in [0.2, 0.25) is 15.1 Å². The Labute approximate surface area is 114 Å². The number of carbonyl (C=O) groups is 1. The summed E-state index contributed by atoms with van der Waals surface area (Å²) in [7, 11) is 0. The SMILES string of the molecule is O=Cc1ccc(Cl)cc1-c1ccc(Cl)cc1Cl. The number of benzene rings is 2. The van der Waals surface area contributed by atoms with E-state index >= 15 is 0 Å². The van der Waals surface area contributed by atoms with E-state index in [1.807, 2.05) is 0 Å². The van der Waals surface area contributed by atoms with Gasteiger partial charge >= 0.3 is 0 Å². The van der Waals surface area contributed by atoms with Crippen LogP contribution in [0.1, 0.15) is 10.4 Å². The van der Waals surface area contributed by atoms with Gasteiger partial charge in [0.15, 0.2) is 6.29 Å². The largest absolute Gasteiger partial charge is 0.298 e. The zero-order chi connectivity index (χ0) is 12.4. The normalized spacial score (nSPS) is 10.3. The third-order valence-corrected chi connectivity index (χ3v) is 3.15. The second-order valence-corrected chi connectivity index (χ2v) is 4.75. The number of rotatable bonds is 2. The van der Waals surface area contributed by atoms with Crippen LogP contribution < -0.4 is 0 Å². The molecule has 0 saturated carbocycles. The molecule has 0 aromatic heterocycles. The monoisotopic (exact) mass is 284 g/mol. The first-order chi connectivity index (χ1) is 8.11. The maximum Gasteiger partial charge on any atom is 0.150 e. The number of hydrogen-bond donors (Lipinski definition) is 0. The predicted molar refractivity (Wildman–Crippen MR) is 72.3 cm³/mol.